The van der Waals surface area contributed by atoms with E-state index in [0.717, 1.165) is 5.56 Å². The van der Waals surface area contributed by atoms with Gasteiger partial charge in [-0.05, 0) is 17.7 Å². The van der Waals surface area contributed by atoms with E-state index >= 15 is 0 Å². The van der Waals surface area contributed by atoms with Gasteiger partial charge in [0, 0.05) is 12.4 Å². The number of nitrogens with zero attached hydrogens (tertiary/aromatic N) is 5. The summed E-state index contributed by atoms with van der Waals surface area (Å²) in [6, 6.07) is 15.0. The van der Waals surface area contributed by atoms with Crippen molar-refractivity contribution in [3.05, 3.63) is 72.7 Å². The molecule has 126 valence electrons. The van der Waals surface area contributed by atoms with E-state index in [-0.39, 0.29) is 10.8 Å². The molecule has 0 saturated heterocycles. The van der Waals surface area contributed by atoms with Crippen LogP contribution in [0.3, 0.4) is 0 Å². The van der Waals surface area contributed by atoms with Gasteiger partial charge < -0.3 is 0 Å². The quantitative estimate of drug-likeness (QED) is 0.589. The molecule has 0 radical (unpaired) electrons. The van der Waals surface area contributed by atoms with Crippen LogP contribution in [-0.2, 0) is 16.6 Å². The van der Waals surface area contributed by atoms with Gasteiger partial charge in [0.15, 0.2) is 5.65 Å². The van der Waals surface area contributed by atoms with Crippen molar-refractivity contribution in [2.75, 3.05) is 4.72 Å². The summed E-state index contributed by atoms with van der Waals surface area (Å²) in [5.41, 5.74) is 1.59. The van der Waals surface area contributed by atoms with Gasteiger partial charge in [-0.15, -0.1) is 5.10 Å². The molecule has 3 heterocycles. The Morgan fingerprint density at radius 1 is 1.04 bits per heavy atom. The van der Waals surface area contributed by atoms with Gasteiger partial charge in [0.1, 0.15) is 4.90 Å². The predicted octanol–water partition coefficient (Wildman–Crippen LogP) is 1.77. The molecule has 1 N–H and O–H groups in total. The monoisotopic (exact) mass is 354 g/mol. The van der Waals surface area contributed by atoms with Crippen LogP contribution in [0, 0.1) is 0 Å². The van der Waals surface area contributed by atoms with Crippen molar-refractivity contribution < 1.29 is 8.42 Å². The topological polar surface area (TPSA) is 94.2 Å². The van der Waals surface area contributed by atoms with Crippen molar-refractivity contribution in [1.29, 1.82) is 0 Å². The summed E-state index contributed by atoms with van der Waals surface area (Å²) >= 11 is 0. The number of nitrogens with one attached hydrogen (secondary N) is 1. The summed E-state index contributed by atoms with van der Waals surface area (Å²) in [7, 11) is -3.80. The third-order valence-electron chi connectivity index (χ3n) is 3.57. The van der Waals surface area contributed by atoms with Crippen LogP contribution in [0.2, 0.25) is 0 Å². The number of sulfonamides is 1. The Morgan fingerprint density at radius 3 is 2.64 bits per heavy atom. The molecule has 3 aromatic heterocycles. The van der Waals surface area contributed by atoms with Gasteiger partial charge in [-0.2, -0.15) is 10.1 Å². The number of rotatable bonds is 5. The Morgan fingerprint density at radius 2 is 1.84 bits per heavy atom. The number of pyridine rings is 1. The third-order valence-corrected chi connectivity index (χ3v) is 4.86. The lowest BCUT2D eigenvalue weighted by Crippen LogP contribution is -2.13. The van der Waals surface area contributed by atoms with Crippen LogP contribution in [0.25, 0.3) is 5.65 Å². The predicted molar refractivity (Wildman–Crippen MR) is 91.6 cm³/mol. The highest BCUT2D eigenvalue weighted by Gasteiger charge is 2.19. The number of anilines is 1. The molecule has 0 spiro atoms. The summed E-state index contributed by atoms with van der Waals surface area (Å²) in [5, 5.41) is 8.20. The zero-order valence-corrected chi connectivity index (χ0v) is 13.8. The van der Waals surface area contributed by atoms with Crippen LogP contribution in [-0.4, -0.2) is 32.8 Å². The van der Waals surface area contributed by atoms with Gasteiger partial charge in [0.05, 0.1) is 12.7 Å². The number of aromatic nitrogens is 5. The lowest BCUT2D eigenvalue weighted by Gasteiger charge is -2.02. The molecule has 0 saturated carbocycles. The molecule has 4 aromatic rings. The smallest absolute Gasteiger partial charge is 0.267 e. The summed E-state index contributed by atoms with van der Waals surface area (Å²) in [6.45, 7) is 0.489. The SMILES string of the molecule is O=S(=O)(Nc1nc2ccccn2n1)c1cnn(Cc2ccccc2)c1. The van der Waals surface area contributed by atoms with Gasteiger partial charge >= 0.3 is 0 Å². The minimum atomic E-state index is -3.80. The highest BCUT2D eigenvalue weighted by atomic mass is 32.2. The van der Waals surface area contributed by atoms with E-state index in [1.54, 1.807) is 29.1 Å². The second-order valence-corrected chi connectivity index (χ2v) is 7.09. The van der Waals surface area contributed by atoms with Crippen molar-refractivity contribution in [3.63, 3.8) is 0 Å². The number of benzene rings is 1. The number of fused-ring (bicyclic) bond motifs is 1. The zero-order chi connectivity index (χ0) is 17.3. The molecule has 0 amide bonds. The third kappa shape index (κ3) is 3.22. The first kappa shape index (κ1) is 15.3. The molecule has 0 atom stereocenters. The molecule has 0 unspecified atom stereocenters. The minimum absolute atomic E-state index is 0.0157. The van der Waals surface area contributed by atoms with Crippen molar-refractivity contribution in [1.82, 2.24) is 24.4 Å². The second-order valence-electron chi connectivity index (χ2n) is 5.40. The van der Waals surface area contributed by atoms with E-state index in [1.807, 2.05) is 30.3 Å². The maximum atomic E-state index is 12.5. The van der Waals surface area contributed by atoms with Gasteiger partial charge in [-0.1, -0.05) is 36.4 Å². The normalized spacial score (nSPS) is 11.7. The molecule has 0 aliphatic rings. The summed E-state index contributed by atoms with van der Waals surface area (Å²) < 4.78 is 30.4. The van der Waals surface area contributed by atoms with Gasteiger partial charge in [0.25, 0.3) is 16.0 Å². The zero-order valence-electron chi connectivity index (χ0n) is 13.0. The second kappa shape index (κ2) is 6.02. The maximum absolute atomic E-state index is 12.5. The molecular weight excluding hydrogens is 340 g/mol. The highest BCUT2D eigenvalue weighted by molar-refractivity contribution is 7.92. The van der Waals surface area contributed by atoms with Crippen LogP contribution < -0.4 is 4.72 Å². The first-order valence-electron chi connectivity index (χ1n) is 7.51. The van der Waals surface area contributed by atoms with Gasteiger partial charge in [0.2, 0.25) is 0 Å². The first-order valence-corrected chi connectivity index (χ1v) is 8.99. The number of hydrogen-bond donors (Lipinski definition) is 1. The summed E-state index contributed by atoms with van der Waals surface area (Å²) in [5.74, 6) is 0.0157. The largest absolute Gasteiger partial charge is 0.267 e. The van der Waals surface area contributed by atoms with E-state index in [4.69, 9.17) is 0 Å². The molecule has 8 nitrogen and oxygen atoms in total. The fraction of sp³-hybridized carbons (Fsp3) is 0.0625. The average Bonchev–Trinajstić information content (AvgIpc) is 3.22. The maximum Gasteiger partial charge on any atom is 0.267 e. The Bertz CT molecular complexity index is 1080. The lowest BCUT2D eigenvalue weighted by molar-refractivity contribution is 0.600. The lowest BCUT2D eigenvalue weighted by atomic mass is 10.2. The standard InChI is InChI=1S/C16H14N6O2S/c23-25(24,20-16-18-15-8-4-5-9-22(15)19-16)14-10-17-21(12-14)11-13-6-2-1-3-7-13/h1-10,12H,11H2,(H,19,20). The molecule has 0 fully saturated rings. The van der Waals surface area contributed by atoms with Crippen LogP contribution in [0.5, 0.6) is 0 Å². The molecule has 0 bridgehead atoms. The van der Waals surface area contributed by atoms with Crippen LogP contribution >= 0.6 is 0 Å². The Hall–Kier alpha value is -3.20. The summed E-state index contributed by atoms with van der Waals surface area (Å²) in [4.78, 5) is 4.19. The van der Waals surface area contributed by atoms with Crippen molar-refractivity contribution in [2.24, 2.45) is 0 Å². The first-order chi connectivity index (χ1) is 12.1. The Kier molecular flexibility index (Phi) is 3.69. The van der Waals surface area contributed by atoms with E-state index in [0.29, 0.717) is 12.2 Å². The molecule has 0 aliphatic heterocycles. The van der Waals surface area contributed by atoms with Crippen molar-refractivity contribution >= 4 is 21.6 Å². The fourth-order valence-electron chi connectivity index (χ4n) is 2.39. The average molecular weight is 354 g/mol. The fourth-order valence-corrected chi connectivity index (χ4v) is 3.29. The van der Waals surface area contributed by atoms with E-state index in [2.05, 4.69) is 19.9 Å². The van der Waals surface area contributed by atoms with E-state index in [1.165, 1.54) is 16.9 Å². The molecule has 9 heteroatoms. The molecule has 25 heavy (non-hydrogen) atoms. The van der Waals surface area contributed by atoms with Crippen molar-refractivity contribution in [3.8, 4) is 0 Å². The Labute approximate surface area is 143 Å². The van der Waals surface area contributed by atoms with E-state index in [9.17, 15) is 8.42 Å². The van der Waals surface area contributed by atoms with Crippen LogP contribution in [0.15, 0.2) is 72.0 Å². The molecular formula is C16H14N6O2S. The molecule has 0 aliphatic carbocycles. The van der Waals surface area contributed by atoms with Crippen molar-refractivity contribution in [2.45, 2.75) is 11.4 Å². The summed E-state index contributed by atoms with van der Waals surface area (Å²) in [6.07, 6.45) is 4.48. The molecule has 1 aromatic carbocycles. The highest BCUT2D eigenvalue weighted by Crippen LogP contribution is 2.14. The molecule has 4 rings (SSSR count). The van der Waals surface area contributed by atoms with Gasteiger partial charge in [-0.25, -0.2) is 17.7 Å². The number of hydrogen-bond acceptors (Lipinski definition) is 5. The van der Waals surface area contributed by atoms with Gasteiger partial charge in [-0.3, -0.25) is 4.68 Å². The minimum Gasteiger partial charge on any atom is -0.267 e. The van der Waals surface area contributed by atoms with E-state index < -0.39 is 10.0 Å². The van der Waals surface area contributed by atoms with Crippen LogP contribution in [0.1, 0.15) is 5.56 Å². The Balaban J connectivity index is 1.56. The van der Waals surface area contributed by atoms with Crippen LogP contribution in [0.4, 0.5) is 5.95 Å².